The smallest absolute Gasteiger partial charge is 0.230 e. The summed E-state index contributed by atoms with van der Waals surface area (Å²) >= 11 is 0. The summed E-state index contributed by atoms with van der Waals surface area (Å²) in [5.41, 5.74) is 8.94. The number of benzene rings is 1. The van der Waals surface area contributed by atoms with Crippen molar-refractivity contribution in [1.29, 1.82) is 0 Å². The maximum atomic E-state index is 13.7. The molecule has 3 aromatic rings. The number of hydrogen-bond acceptors (Lipinski definition) is 4. The van der Waals surface area contributed by atoms with E-state index < -0.39 is 0 Å². The Morgan fingerprint density at radius 3 is 2.75 bits per heavy atom. The molecule has 0 radical (unpaired) electrons. The van der Waals surface area contributed by atoms with E-state index in [0.29, 0.717) is 22.4 Å². The lowest BCUT2D eigenvalue weighted by Crippen LogP contribution is -1.90. The summed E-state index contributed by atoms with van der Waals surface area (Å²) in [4.78, 5) is 4.05. The Morgan fingerprint density at radius 1 is 1.20 bits per heavy atom. The zero-order valence-corrected chi connectivity index (χ0v) is 10.8. The molecule has 0 bridgehead atoms. The molecule has 0 atom stereocenters. The van der Waals surface area contributed by atoms with Crippen LogP contribution in [-0.4, -0.2) is 10.1 Å². The predicted octanol–water partition coefficient (Wildman–Crippen LogP) is 3.43. The molecule has 2 aromatic heterocycles. The van der Waals surface area contributed by atoms with Crippen molar-refractivity contribution in [1.82, 2.24) is 10.1 Å². The second-order valence-corrected chi connectivity index (χ2v) is 4.48. The molecule has 0 amide bonds. The number of halogens is 1. The molecule has 0 aliphatic carbocycles. The minimum absolute atomic E-state index is 0.189. The van der Waals surface area contributed by atoms with E-state index in [-0.39, 0.29) is 11.7 Å². The zero-order chi connectivity index (χ0) is 14.1. The van der Waals surface area contributed by atoms with Crippen molar-refractivity contribution in [3.05, 3.63) is 54.1 Å². The quantitative estimate of drug-likeness (QED) is 0.774. The van der Waals surface area contributed by atoms with Crippen LogP contribution in [0.4, 0.5) is 10.3 Å². The average Bonchev–Trinajstić information content (AvgIpc) is 2.85. The van der Waals surface area contributed by atoms with Crippen LogP contribution in [0.25, 0.3) is 22.4 Å². The fourth-order valence-corrected chi connectivity index (χ4v) is 2.03. The van der Waals surface area contributed by atoms with Gasteiger partial charge in [0.25, 0.3) is 0 Å². The Labute approximate surface area is 115 Å². The van der Waals surface area contributed by atoms with Gasteiger partial charge < -0.3 is 10.3 Å². The summed E-state index contributed by atoms with van der Waals surface area (Å²) < 4.78 is 18.8. The second-order valence-electron chi connectivity index (χ2n) is 4.48. The average molecular weight is 269 g/mol. The molecule has 1 aromatic carbocycles. The van der Waals surface area contributed by atoms with Crippen LogP contribution >= 0.6 is 0 Å². The van der Waals surface area contributed by atoms with Gasteiger partial charge in [-0.25, -0.2) is 4.39 Å². The molecule has 0 saturated heterocycles. The van der Waals surface area contributed by atoms with E-state index in [1.165, 1.54) is 6.07 Å². The largest absolute Gasteiger partial charge is 0.367 e. The molecule has 0 fully saturated rings. The first-order chi connectivity index (χ1) is 9.66. The first-order valence-electron chi connectivity index (χ1n) is 6.09. The third-order valence-corrected chi connectivity index (χ3v) is 3.11. The number of nitrogens with two attached hydrogens (primary N) is 1. The third-order valence-electron chi connectivity index (χ3n) is 3.11. The van der Waals surface area contributed by atoms with Gasteiger partial charge in [0.15, 0.2) is 0 Å². The Hall–Kier alpha value is -2.69. The van der Waals surface area contributed by atoms with E-state index in [9.17, 15) is 4.39 Å². The lowest BCUT2D eigenvalue weighted by atomic mass is 10.0. The first kappa shape index (κ1) is 12.3. The number of nitrogen functional groups attached to an aromatic ring is 1. The standard InChI is InChI=1S/C15H12FN3O/c1-9-4-5-10(7-12(9)16)14-13(15(17)20-19-14)11-3-2-6-18-8-11/h2-8H,17H2,1H3. The highest BCUT2D eigenvalue weighted by Crippen LogP contribution is 2.36. The Kier molecular flexibility index (Phi) is 2.95. The first-order valence-corrected chi connectivity index (χ1v) is 6.09. The Morgan fingerprint density at radius 2 is 2.05 bits per heavy atom. The van der Waals surface area contributed by atoms with Crippen LogP contribution in [0.3, 0.4) is 0 Å². The minimum atomic E-state index is -0.291. The van der Waals surface area contributed by atoms with Gasteiger partial charge in [-0.15, -0.1) is 0 Å². The lowest BCUT2D eigenvalue weighted by Gasteiger charge is -2.03. The van der Waals surface area contributed by atoms with Crippen LogP contribution in [0, 0.1) is 12.7 Å². The fourth-order valence-electron chi connectivity index (χ4n) is 2.03. The normalized spacial score (nSPS) is 10.7. The molecule has 0 aliphatic rings. The molecule has 20 heavy (non-hydrogen) atoms. The van der Waals surface area contributed by atoms with Gasteiger partial charge in [-0.1, -0.05) is 23.4 Å². The molecule has 0 unspecified atom stereocenters. The Bertz CT molecular complexity index is 753. The molecule has 100 valence electrons. The lowest BCUT2D eigenvalue weighted by molar-refractivity contribution is 0.439. The fraction of sp³-hybridized carbons (Fsp3) is 0.0667. The number of anilines is 1. The monoisotopic (exact) mass is 269 g/mol. The van der Waals surface area contributed by atoms with Crippen molar-refractivity contribution in [3.8, 4) is 22.4 Å². The summed E-state index contributed by atoms with van der Waals surface area (Å²) in [6.07, 6.45) is 3.33. The van der Waals surface area contributed by atoms with Crippen LogP contribution in [-0.2, 0) is 0 Å². The topological polar surface area (TPSA) is 64.9 Å². The van der Waals surface area contributed by atoms with Crippen LogP contribution in [0.2, 0.25) is 0 Å². The van der Waals surface area contributed by atoms with Crippen molar-refractivity contribution >= 4 is 5.88 Å². The van der Waals surface area contributed by atoms with Crippen LogP contribution in [0.5, 0.6) is 0 Å². The summed E-state index contributed by atoms with van der Waals surface area (Å²) in [6.45, 7) is 1.71. The highest BCUT2D eigenvalue weighted by molar-refractivity contribution is 5.86. The summed E-state index contributed by atoms with van der Waals surface area (Å²) in [6, 6.07) is 8.55. The molecule has 0 saturated carbocycles. The molecular weight excluding hydrogens is 257 g/mol. The molecule has 2 N–H and O–H groups in total. The number of nitrogens with zero attached hydrogens (tertiary/aromatic N) is 2. The maximum Gasteiger partial charge on any atom is 0.230 e. The third kappa shape index (κ3) is 2.03. The van der Waals surface area contributed by atoms with Crippen molar-refractivity contribution < 1.29 is 8.91 Å². The maximum absolute atomic E-state index is 13.7. The molecule has 2 heterocycles. The van der Waals surface area contributed by atoms with Gasteiger partial charge in [-0.05, 0) is 24.6 Å². The van der Waals surface area contributed by atoms with Crippen molar-refractivity contribution in [2.24, 2.45) is 0 Å². The van der Waals surface area contributed by atoms with Gasteiger partial charge in [-0.2, -0.15) is 0 Å². The number of hydrogen-bond donors (Lipinski definition) is 1. The SMILES string of the molecule is Cc1ccc(-c2noc(N)c2-c2cccnc2)cc1F. The summed E-state index contributed by atoms with van der Waals surface area (Å²) in [5, 5.41) is 3.94. The van der Waals surface area contributed by atoms with E-state index >= 15 is 0 Å². The van der Waals surface area contributed by atoms with Crippen molar-refractivity contribution in [2.45, 2.75) is 6.92 Å². The summed E-state index contributed by atoms with van der Waals surface area (Å²) in [5.74, 6) is -0.102. The molecular formula is C15H12FN3O. The molecule has 3 rings (SSSR count). The second kappa shape index (κ2) is 4.77. The predicted molar refractivity (Wildman–Crippen MR) is 74.3 cm³/mol. The van der Waals surface area contributed by atoms with Crippen molar-refractivity contribution in [3.63, 3.8) is 0 Å². The van der Waals surface area contributed by atoms with Gasteiger partial charge in [-0.3, -0.25) is 4.98 Å². The van der Waals surface area contributed by atoms with E-state index in [1.54, 1.807) is 37.5 Å². The molecule has 0 aliphatic heterocycles. The van der Waals surface area contributed by atoms with Gasteiger partial charge in [0.05, 0.1) is 5.56 Å². The van der Waals surface area contributed by atoms with E-state index in [1.807, 2.05) is 6.07 Å². The number of rotatable bonds is 2. The number of pyridine rings is 1. The van der Waals surface area contributed by atoms with Crippen LogP contribution in [0.1, 0.15) is 5.56 Å². The number of aryl methyl sites for hydroxylation is 1. The van der Waals surface area contributed by atoms with Crippen molar-refractivity contribution in [2.75, 3.05) is 5.73 Å². The van der Waals surface area contributed by atoms with E-state index in [4.69, 9.17) is 10.3 Å². The number of aromatic nitrogens is 2. The minimum Gasteiger partial charge on any atom is -0.367 e. The van der Waals surface area contributed by atoms with Gasteiger partial charge in [0, 0.05) is 23.5 Å². The van der Waals surface area contributed by atoms with Gasteiger partial charge in [0.2, 0.25) is 5.88 Å². The zero-order valence-electron chi connectivity index (χ0n) is 10.8. The Balaban J connectivity index is 2.18. The molecule has 5 heteroatoms. The van der Waals surface area contributed by atoms with E-state index in [2.05, 4.69) is 10.1 Å². The van der Waals surface area contributed by atoms with Gasteiger partial charge in [0.1, 0.15) is 11.5 Å². The molecule has 4 nitrogen and oxygen atoms in total. The highest BCUT2D eigenvalue weighted by atomic mass is 19.1. The summed E-state index contributed by atoms with van der Waals surface area (Å²) in [7, 11) is 0. The molecule has 0 spiro atoms. The van der Waals surface area contributed by atoms with Crippen LogP contribution in [0.15, 0.2) is 47.2 Å². The van der Waals surface area contributed by atoms with E-state index in [0.717, 1.165) is 5.56 Å². The van der Waals surface area contributed by atoms with Crippen LogP contribution < -0.4 is 5.73 Å². The van der Waals surface area contributed by atoms with Gasteiger partial charge >= 0.3 is 0 Å². The highest BCUT2D eigenvalue weighted by Gasteiger charge is 2.18.